The van der Waals surface area contributed by atoms with Gasteiger partial charge in [-0.1, -0.05) is 49.0 Å². The molecule has 0 radical (unpaired) electrons. The van der Waals surface area contributed by atoms with Gasteiger partial charge in [0.1, 0.15) is 0 Å². The Morgan fingerprint density at radius 3 is 2.72 bits per heavy atom. The van der Waals surface area contributed by atoms with Crippen molar-refractivity contribution in [1.82, 2.24) is 10.2 Å². The highest BCUT2D eigenvalue weighted by Gasteiger charge is 2.22. The van der Waals surface area contributed by atoms with Crippen molar-refractivity contribution in [3.8, 4) is 0 Å². The predicted octanol–water partition coefficient (Wildman–Crippen LogP) is 2.76. The average molecular weight is 238 g/mol. The third-order valence-electron chi connectivity index (χ3n) is 3.75. The summed E-state index contributed by atoms with van der Waals surface area (Å²) in [4.78, 5) is 2.23. The molecule has 1 N–H and O–H groups in total. The lowest BCUT2D eigenvalue weighted by atomic mass is 10.0. The highest BCUT2D eigenvalue weighted by Crippen LogP contribution is 2.19. The van der Waals surface area contributed by atoms with Crippen LogP contribution in [0, 0.1) is 0 Å². The van der Waals surface area contributed by atoms with Gasteiger partial charge in [0.15, 0.2) is 0 Å². The number of nitrogens with zero attached hydrogens (tertiary/aromatic N) is 1. The van der Waals surface area contributed by atoms with Crippen molar-refractivity contribution >= 4 is 10.8 Å². The fourth-order valence-electron chi connectivity index (χ4n) is 2.52. The van der Waals surface area contributed by atoms with Gasteiger partial charge in [0.25, 0.3) is 0 Å². The van der Waals surface area contributed by atoms with Gasteiger partial charge in [-0.25, -0.2) is 0 Å². The Morgan fingerprint density at radius 2 is 2.00 bits per heavy atom. The summed E-state index contributed by atoms with van der Waals surface area (Å²) < 4.78 is 0. The molecule has 2 heteroatoms. The van der Waals surface area contributed by atoms with Crippen LogP contribution in [0.1, 0.15) is 5.56 Å². The van der Waals surface area contributed by atoms with Crippen LogP contribution >= 0.6 is 0 Å². The predicted molar refractivity (Wildman–Crippen MR) is 76.3 cm³/mol. The standard InChI is InChI=1S/C16H18N2/c1-12-11-17-16(18(12)2)10-13-7-8-14-5-3-4-6-15(14)9-13/h3-9,16-17H,1,10-11H2,2H3/t16-/m1/s1. The number of nitrogens with one attached hydrogen (secondary N) is 1. The molecule has 0 bridgehead atoms. The van der Waals surface area contributed by atoms with E-state index in [0.717, 1.165) is 13.0 Å². The van der Waals surface area contributed by atoms with Gasteiger partial charge < -0.3 is 4.90 Å². The first-order valence-electron chi connectivity index (χ1n) is 6.36. The van der Waals surface area contributed by atoms with E-state index in [1.54, 1.807) is 0 Å². The van der Waals surface area contributed by atoms with E-state index in [2.05, 4.69) is 66.3 Å². The summed E-state index contributed by atoms with van der Waals surface area (Å²) in [6.07, 6.45) is 1.39. The summed E-state index contributed by atoms with van der Waals surface area (Å²) in [5.41, 5.74) is 2.54. The minimum Gasteiger partial charge on any atom is -0.361 e. The van der Waals surface area contributed by atoms with E-state index in [1.807, 2.05) is 0 Å². The minimum atomic E-state index is 0.374. The zero-order valence-electron chi connectivity index (χ0n) is 10.7. The van der Waals surface area contributed by atoms with Crippen molar-refractivity contribution in [2.45, 2.75) is 12.6 Å². The molecule has 2 nitrogen and oxygen atoms in total. The Labute approximate surface area is 108 Å². The third kappa shape index (κ3) is 2.00. The second-order valence-corrected chi connectivity index (χ2v) is 4.96. The first-order chi connectivity index (χ1) is 8.74. The second-order valence-electron chi connectivity index (χ2n) is 4.96. The van der Waals surface area contributed by atoms with Crippen LogP contribution in [0.25, 0.3) is 10.8 Å². The van der Waals surface area contributed by atoms with Crippen molar-refractivity contribution in [2.24, 2.45) is 0 Å². The van der Waals surface area contributed by atoms with Crippen LogP contribution in [-0.4, -0.2) is 24.7 Å². The van der Waals surface area contributed by atoms with Crippen molar-refractivity contribution < 1.29 is 0 Å². The van der Waals surface area contributed by atoms with Crippen LogP contribution in [0.5, 0.6) is 0 Å². The molecule has 0 aliphatic carbocycles. The molecule has 0 saturated carbocycles. The number of likely N-dealkylation sites (N-methyl/N-ethyl adjacent to an activating group) is 1. The molecule has 0 unspecified atom stereocenters. The molecule has 1 heterocycles. The number of fused-ring (bicyclic) bond motifs is 1. The average Bonchev–Trinajstić information content (AvgIpc) is 2.71. The molecule has 18 heavy (non-hydrogen) atoms. The largest absolute Gasteiger partial charge is 0.361 e. The van der Waals surface area contributed by atoms with E-state index in [1.165, 1.54) is 22.0 Å². The van der Waals surface area contributed by atoms with Gasteiger partial charge in [0, 0.05) is 25.7 Å². The number of benzene rings is 2. The van der Waals surface area contributed by atoms with Gasteiger partial charge in [-0.2, -0.15) is 0 Å². The van der Waals surface area contributed by atoms with Crippen LogP contribution in [0.2, 0.25) is 0 Å². The molecule has 0 amide bonds. The molecule has 0 aromatic heterocycles. The Hall–Kier alpha value is -1.80. The van der Waals surface area contributed by atoms with Gasteiger partial charge in [-0.15, -0.1) is 0 Å². The van der Waals surface area contributed by atoms with E-state index in [4.69, 9.17) is 0 Å². The molecular weight excluding hydrogens is 220 g/mol. The summed E-state index contributed by atoms with van der Waals surface area (Å²) in [6.45, 7) is 4.94. The first kappa shape index (κ1) is 11.3. The van der Waals surface area contributed by atoms with Gasteiger partial charge >= 0.3 is 0 Å². The molecule has 2 aromatic rings. The van der Waals surface area contributed by atoms with Crippen LogP contribution < -0.4 is 5.32 Å². The zero-order chi connectivity index (χ0) is 12.5. The summed E-state index contributed by atoms with van der Waals surface area (Å²) >= 11 is 0. The minimum absolute atomic E-state index is 0.374. The molecule has 1 aliphatic heterocycles. The highest BCUT2D eigenvalue weighted by molar-refractivity contribution is 5.82. The lowest BCUT2D eigenvalue weighted by molar-refractivity contribution is 0.327. The Kier molecular flexibility index (Phi) is 2.80. The van der Waals surface area contributed by atoms with Gasteiger partial charge in [-0.3, -0.25) is 5.32 Å². The van der Waals surface area contributed by atoms with Gasteiger partial charge in [-0.05, 0) is 16.3 Å². The van der Waals surface area contributed by atoms with Gasteiger partial charge in [0.05, 0.1) is 6.17 Å². The van der Waals surface area contributed by atoms with E-state index in [-0.39, 0.29) is 0 Å². The fraction of sp³-hybridized carbons (Fsp3) is 0.250. The third-order valence-corrected chi connectivity index (χ3v) is 3.75. The second kappa shape index (κ2) is 4.46. The summed E-state index contributed by atoms with van der Waals surface area (Å²) in [5, 5.41) is 6.10. The summed E-state index contributed by atoms with van der Waals surface area (Å²) in [7, 11) is 2.11. The fourth-order valence-corrected chi connectivity index (χ4v) is 2.52. The van der Waals surface area contributed by atoms with E-state index >= 15 is 0 Å². The molecule has 1 saturated heterocycles. The van der Waals surface area contributed by atoms with Crippen molar-refractivity contribution in [1.29, 1.82) is 0 Å². The lowest BCUT2D eigenvalue weighted by Crippen LogP contribution is -2.34. The lowest BCUT2D eigenvalue weighted by Gasteiger charge is -2.22. The Bertz CT molecular complexity index is 588. The quantitative estimate of drug-likeness (QED) is 0.865. The number of hydrogen-bond donors (Lipinski definition) is 1. The first-order valence-corrected chi connectivity index (χ1v) is 6.36. The molecule has 1 atom stereocenters. The maximum absolute atomic E-state index is 4.04. The topological polar surface area (TPSA) is 15.3 Å². The monoisotopic (exact) mass is 238 g/mol. The highest BCUT2D eigenvalue weighted by atomic mass is 15.3. The molecule has 0 spiro atoms. The number of hydrogen-bond acceptors (Lipinski definition) is 2. The van der Waals surface area contributed by atoms with Crippen LogP contribution in [0.15, 0.2) is 54.7 Å². The normalized spacial score (nSPS) is 19.7. The van der Waals surface area contributed by atoms with Crippen LogP contribution in [0.4, 0.5) is 0 Å². The Balaban J connectivity index is 1.85. The molecular formula is C16H18N2. The van der Waals surface area contributed by atoms with Crippen molar-refractivity contribution in [3.05, 3.63) is 60.3 Å². The maximum Gasteiger partial charge on any atom is 0.0833 e. The molecule has 1 aliphatic rings. The van der Waals surface area contributed by atoms with E-state index < -0.39 is 0 Å². The molecule has 2 aromatic carbocycles. The van der Waals surface area contributed by atoms with Crippen molar-refractivity contribution in [2.75, 3.05) is 13.6 Å². The number of rotatable bonds is 2. The van der Waals surface area contributed by atoms with Gasteiger partial charge in [0.2, 0.25) is 0 Å². The smallest absolute Gasteiger partial charge is 0.0833 e. The van der Waals surface area contributed by atoms with E-state index in [0.29, 0.717) is 6.17 Å². The zero-order valence-corrected chi connectivity index (χ0v) is 10.7. The summed E-state index contributed by atoms with van der Waals surface area (Å²) in [6, 6.07) is 15.2. The van der Waals surface area contributed by atoms with Crippen molar-refractivity contribution in [3.63, 3.8) is 0 Å². The molecule has 3 rings (SSSR count). The Morgan fingerprint density at radius 1 is 1.22 bits per heavy atom. The van der Waals surface area contributed by atoms with Crippen LogP contribution in [0.3, 0.4) is 0 Å². The van der Waals surface area contributed by atoms with E-state index in [9.17, 15) is 0 Å². The van der Waals surface area contributed by atoms with Crippen LogP contribution in [-0.2, 0) is 6.42 Å². The summed E-state index contributed by atoms with van der Waals surface area (Å²) in [5.74, 6) is 0. The SMILES string of the molecule is C=C1CN[C@@H](Cc2ccc3ccccc3c2)N1C. The molecule has 1 fully saturated rings. The maximum atomic E-state index is 4.04. The molecule has 92 valence electrons.